The number of aromatic nitrogens is 2. The minimum Gasteiger partial charge on any atom is -0.352 e. The Hall–Kier alpha value is -2.06. The molecule has 0 unspecified atom stereocenters. The summed E-state index contributed by atoms with van der Waals surface area (Å²) < 4.78 is 0. The summed E-state index contributed by atoms with van der Waals surface area (Å²) in [6, 6.07) is 5.37. The van der Waals surface area contributed by atoms with Gasteiger partial charge in [0.1, 0.15) is 6.04 Å². The Morgan fingerprint density at radius 2 is 2.23 bits per heavy atom. The van der Waals surface area contributed by atoms with Gasteiger partial charge < -0.3 is 20.9 Å². The Kier molecular flexibility index (Phi) is 5.52. The number of amides is 2. The highest BCUT2D eigenvalue weighted by Gasteiger charge is 2.38. The van der Waals surface area contributed by atoms with Gasteiger partial charge in [0.25, 0.3) is 0 Å². The number of nitrogens with one attached hydrogen (secondary N) is 2. The highest BCUT2D eigenvalue weighted by Crippen LogP contribution is 2.23. The SMILES string of the molecule is Cc1ccc2nc(SCC(=O)N3C[C@@H](N)C[C@H]3C(=O)NC(C)C)[nH]c2c1. The third kappa shape index (κ3) is 4.19. The molecular formula is C18H25N5O2S. The Morgan fingerprint density at radius 3 is 2.96 bits per heavy atom. The smallest absolute Gasteiger partial charge is 0.243 e. The average Bonchev–Trinajstić information content (AvgIpc) is 3.14. The molecule has 2 amide bonds. The zero-order valence-corrected chi connectivity index (χ0v) is 16.1. The van der Waals surface area contributed by atoms with E-state index in [1.54, 1.807) is 4.90 Å². The number of benzene rings is 1. The molecule has 3 rings (SSSR count). The molecule has 0 saturated carbocycles. The fourth-order valence-corrected chi connectivity index (χ4v) is 3.93. The number of thioether (sulfide) groups is 1. The van der Waals surface area contributed by atoms with Gasteiger partial charge in [-0.05, 0) is 44.9 Å². The summed E-state index contributed by atoms with van der Waals surface area (Å²) in [6.45, 7) is 6.24. The molecule has 1 aliphatic heterocycles. The second kappa shape index (κ2) is 7.67. The van der Waals surface area contributed by atoms with Crippen molar-refractivity contribution < 1.29 is 9.59 Å². The molecule has 0 bridgehead atoms. The van der Waals surface area contributed by atoms with E-state index in [-0.39, 0.29) is 29.7 Å². The van der Waals surface area contributed by atoms with Crippen molar-refractivity contribution >= 4 is 34.6 Å². The molecule has 0 radical (unpaired) electrons. The molecule has 1 aliphatic rings. The van der Waals surface area contributed by atoms with Gasteiger partial charge in [0.15, 0.2) is 5.16 Å². The van der Waals surface area contributed by atoms with Gasteiger partial charge in [0.05, 0.1) is 16.8 Å². The number of imidazole rings is 1. The number of carbonyl (C=O) groups is 2. The van der Waals surface area contributed by atoms with Crippen molar-refractivity contribution in [3.05, 3.63) is 23.8 Å². The van der Waals surface area contributed by atoms with Crippen molar-refractivity contribution in [2.24, 2.45) is 5.73 Å². The van der Waals surface area contributed by atoms with Gasteiger partial charge in [-0.1, -0.05) is 17.8 Å². The van der Waals surface area contributed by atoms with E-state index in [2.05, 4.69) is 15.3 Å². The molecule has 0 spiro atoms. The lowest BCUT2D eigenvalue weighted by Crippen LogP contribution is -2.48. The van der Waals surface area contributed by atoms with E-state index in [4.69, 9.17) is 5.73 Å². The van der Waals surface area contributed by atoms with Crippen LogP contribution in [0.25, 0.3) is 11.0 Å². The summed E-state index contributed by atoms with van der Waals surface area (Å²) in [6.07, 6.45) is 0.499. The van der Waals surface area contributed by atoms with E-state index in [0.29, 0.717) is 18.1 Å². The summed E-state index contributed by atoms with van der Waals surface area (Å²) >= 11 is 1.35. The molecule has 8 heteroatoms. The highest BCUT2D eigenvalue weighted by molar-refractivity contribution is 7.99. The van der Waals surface area contributed by atoms with Crippen LogP contribution in [-0.2, 0) is 9.59 Å². The van der Waals surface area contributed by atoms with E-state index in [0.717, 1.165) is 16.6 Å². The number of aromatic amines is 1. The number of hydrogen-bond acceptors (Lipinski definition) is 5. The average molecular weight is 375 g/mol. The molecule has 4 N–H and O–H groups in total. The van der Waals surface area contributed by atoms with E-state index in [1.807, 2.05) is 39.0 Å². The third-order valence-corrected chi connectivity index (χ3v) is 5.19. The molecule has 2 heterocycles. The lowest BCUT2D eigenvalue weighted by Gasteiger charge is -2.24. The second-order valence-electron chi connectivity index (χ2n) is 7.07. The number of hydrogen-bond donors (Lipinski definition) is 3. The first-order chi connectivity index (χ1) is 12.3. The minimum atomic E-state index is -0.487. The van der Waals surface area contributed by atoms with Gasteiger partial charge in [-0.15, -0.1) is 0 Å². The van der Waals surface area contributed by atoms with E-state index in [1.165, 1.54) is 11.8 Å². The lowest BCUT2D eigenvalue weighted by atomic mass is 10.1. The van der Waals surface area contributed by atoms with Gasteiger partial charge in [0, 0.05) is 18.6 Å². The fourth-order valence-electron chi connectivity index (χ4n) is 3.15. The molecule has 1 aromatic carbocycles. The van der Waals surface area contributed by atoms with Crippen LogP contribution in [-0.4, -0.2) is 57.1 Å². The molecular weight excluding hydrogens is 350 g/mol. The summed E-state index contributed by atoms with van der Waals surface area (Å²) in [7, 11) is 0. The van der Waals surface area contributed by atoms with Gasteiger partial charge in [-0.2, -0.15) is 0 Å². The predicted octanol–water partition coefficient (Wildman–Crippen LogP) is 1.42. The van der Waals surface area contributed by atoms with Crippen LogP contribution in [0.5, 0.6) is 0 Å². The molecule has 7 nitrogen and oxygen atoms in total. The van der Waals surface area contributed by atoms with Crippen molar-refractivity contribution in [3.8, 4) is 0 Å². The molecule has 26 heavy (non-hydrogen) atoms. The number of fused-ring (bicyclic) bond motifs is 1. The topological polar surface area (TPSA) is 104 Å². The number of rotatable bonds is 5. The van der Waals surface area contributed by atoms with E-state index < -0.39 is 6.04 Å². The van der Waals surface area contributed by atoms with Crippen molar-refractivity contribution in [2.45, 2.75) is 50.5 Å². The van der Waals surface area contributed by atoms with Gasteiger partial charge in [0.2, 0.25) is 11.8 Å². The van der Waals surface area contributed by atoms with Crippen LogP contribution in [0.15, 0.2) is 23.4 Å². The number of likely N-dealkylation sites (tertiary alicyclic amines) is 1. The number of carbonyl (C=O) groups excluding carboxylic acids is 2. The Morgan fingerprint density at radius 1 is 1.46 bits per heavy atom. The van der Waals surface area contributed by atoms with Crippen LogP contribution in [0.2, 0.25) is 0 Å². The van der Waals surface area contributed by atoms with Crippen molar-refractivity contribution in [1.82, 2.24) is 20.2 Å². The van der Waals surface area contributed by atoms with Crippen LogP contribution in [0, 0.1) is 6.92 Å². The molecule has 2 atom stereocenters. The highest BCUT2D eigenvalue weighted by atomic mass is 32.2. The standard InChI is InChI=1S/C18H25N5O2S/c1-10(2)20-17(25)15-7-12(19)8-23(15)16(24)9-26-18-21-13-5-4-11(3)6-14(13)22-18/h4-6,10,12,15H,7-9,19H2,1-3H3,(H,20,25)(H,21,22)/t12-,15-/m0/s1. The van der Waals surface area contributed by atoms with Crippen molar-refractivity contribution in [2.75, 3.05) is 12.3 Å². The molecule has 1 fully saturated rings. The number of nitrogens with two attached hydrogens (primary N) is 1. The first-order valence-corrected chi connectivity index (χ1v) is 9.76. The molecule has 2 aromatic rings. The molecule has 1 aromatic heterocycles. The van der Waals surface area contributed by atoms with Crippen LogP contribution in [0.3, 0.4) is 0 Å². The summed E-state index contributed by atoms with van der Waals surface area (Å²) in [5.74, 6) is -0.00854. The summed E-state index contributed by atoms with van der Waals surface area (Å²) in [5, 5.41) is 3.57. The van der Waals surface area contributed by atoms with Crippen molar-refractivity contribution in [3.63, 3.8) is 0 Å². The van der Waals surface area contributed by atoms with Gasteiger partial charge in [-0.3, -0.25) is 9.59 Å². The predicted molar refractivity (Wildman–Crippen MR) is 103 cm³/mol. The first kappa shape index (κ1) is 18.7. The minimum absolute atomic E-state index is 0.0321. The van der Waals surface area contributed by atoms with Crippen LogP contribution < -0.4 is 11.1 Å². The second-order valence-corrected chi connectivity index (χ2v) is 8.04. The van der Waals surface area contributed by atoms with Crippen molar-refractivity contribution in [1.29, 1.82) is 0 Å². The van der Waals surface area contributed by atoms with E-state index >= 15 is 0 Å². The molecule has 1 saturated heterocycles. The summed E-state index contributed by atoms with van der Waals surface area (Å²) in [5.41, 5.74) is 8.98. The lowest BCUT2D eigenvalue weighted by molar-refractivity contribution is -0.136. The summed E-state index contributed by atoms with van der Waals surface area (Å²) in [4.78, 5) is 34.3. The third-order valence-electron chi connectivity index (χ3n) is 4.34. The Balaban J connectivity index is 1.64. The van der Waals surface area contributed by atoms with Crippen LogP contribution >= 0.6 is 11.8 Å². The number of aryl methyl sites for hydroxylation is 1. The Labute approximate surface area is 157 Å². The first-order valence-electron chi connectivity index (χ1n) is 8.78. The number of nitrogens with zero attached hydrogens (tertiary/aromatic N) is 2. The zero-order chi connectivity index (χ0) is 18.8. The quantitative estimate of drug-likeness (QED) is 0.686. The Bertz CT molecular complexity index is 819. The van der Waals surface area contributed by atoms with E-state index in [9.17, 15) is 9.59 Å². The van der Waals surface area contributed by atoms with Crippen LogP contribution in [0.1, 0.15) is 25.8 Å². The molecule has 140 valence electrons. The van der Waals surface area contributed by atoms with Crippen LogP contribution in [0.4, 0.5) is 0 Å². The maximum atomic E-state index is 12.7. The largest absolute Gasteiger partial charge is 0.352 e. The monoisotopic (exact) mass is 375 g/mol. The number of H-pyrrole nitrogens is 1. The maximum Gasteiger partial charge on any atom is 0.243 e. The molecule has 0 aliphatic carbocycles. The fraction of sp³-hybridized carbons (Fsp3) is 0.500. The van der Waals surface area contributed by atoms with Gasteiger partial charge >= 0.3 is 0 Å². The van der Waals surface area contributed by atoms with Gasteiger partial charge in [-0.25, -0.2) is 4.98 Å². The maximum absolute atomic E-state index is 12.7. The zero-order valence-electron chi connectivity index (χ0n) is 15.3. The normalized spacial score (nSPS) is 20.1.